The number of aromatic nitrogens is 2. The van der Waals surface area contributed by atoms with Gasteiger partial charge in [-0.15, -0.1) is 18.3 Å². The van der Waals surface area contributed by atoms with Crippen LogP contribution >= 0.6 is 0 Å². The lowest BCUT2D eigenvalue weighted by Crippen LogP contribution is -2.16. The summed E-state index contributed by atoms with van der Waals surface area (Å²) in [6.45, 7) is 8.27. The van der Waals surface area contributed by atoms with Crippen molar-refractivity contribution in [1.82, 2.24) is 15.0 Å². The van der Waals surface area contributed by atoms with Crippen LogP contribution in [0.2, 0.25) is 0 Å². The molecule has 0 amide bonds. The molecular weight excluding hydrogens is 234 g/mol. The molecule has 1 N–H and O–H groups in total. The molecule has 0 fully saturated rings. The second kappa shape index (κ2) is 7.00. The highest BCUT2D eigenvalue weighted by atomic mass is 16.5. The van der Waals surface area contributed by atoms with Crippen LogP contribution in [-0.4, -0.2) is 41.1 Å². The third-order valence-electron chi connectivity index (χ3n) is 1.95. The van der Waals surface area contributed by atoms with Gasteiger partial charge in [-0.3, -0.25) is 5.01 Å². The summed E-state index contributed by atoms with van der Waals surface area (Å²) >= 11 is 0. The summed E-state index contributed by atoms with van der Waals surface area (Å²) in [5.74, 6) is -0.361. The van der Waals surface area contributed by atoms with Crippen LogP contribution in [0.15, 0.2) is 42.0 Å². The Morgan fingerprint density at radius 1 is 1.56 bits per heavy atom. The summed E-state index contributed by atoms with van der Waals surface area (Å²) in [5, 5.41) is 9.45. The molecule has 96 valence electrons. The first-order chi connectivity index (χ1) is 8.72. The molecule has 0 bridgehead atoms. The van der Waals surface area contributed by atoms with E-state index in [1.54, 1.807) is 17.2 Å². The number of methoxy groups -OCH3 is 1. The number of hydrogen-bond acceptors (Lipinski definition) is 5. The Bertz CT molecular complexity index is 442. The number of carbonyl (C=O) groups is 1. The number of carbonyl (C=O) groups excluding carboxylic acids is 1. The average molecular weight is 249 g/mol. The summed E-state index contributed by atoms with van der Waals surface area (Å²) in [6, 6.07) is 0. The number of ether oxygens (including phenoxy) is 1. The van der Waals surface area contributed by atoms with Gasteiger partial charge in [0.05, 0.1) is 26.5 Å². The zero-order chi connectivity index (χ0) is 13.4. The summed E-state index contributed by atoms with van der Waals surface area (Å²) < 4.78 is 4.58. The summed E-state index contributed by atoms with van der Waals surface area (Å²) in [6.07, 6.45) is 4.73. The second-order valence-electron chi connectivity index (χ2n) is 3.23. The smallest absolute Gasteiger partial charge is 0.358 e. The van der Waals surface area contributed by atoms with Gasteiger partial charge in [-0.1, -0.05) is 17.4 Å². The standard InChI is InChI=1S/C11H15N5O2/c1-4-6-16(7-5-2)15-14-10-9(11(17)18-3)12-8-13-10/h4-5,8H,1-2,6-7H2,3H3,(H,12,13)/b15-14+. The molecule has 0 aromatic carbocycles. The Kier molecular flexibility index (Phi) is 5.30. The minimum absolute atomic E-state index is 0.165. The number of esters is 1. The SMILES string of the molecule is C=CCN(CC=C)/N=N/c1nc[nH]c1C(=O)OC. The van der Waals surface area contributed by atoms with Crippen molar-refractivity contribution in [3.8, 4) is 0 Å². The molecule has 0 aliphatic heterocycles. The number of hydrogen-bond donors (Lipinski definition) is 1. The highest BCUT2D eigenvalue weighted by molar-refractivity contribution is 5.91. The van der Waals surface area contributed by atoms with Crippen LogP contribution in [0.3, 0.4) is 0 Å². The summed E-state index contributed by atoms with van der Waals surface area (Å²) in [7, 11) is 1.28. The Morgan fingerprint density at radius 2 is 2.22 bits per heavy atom. The predicted octanol–water partition coefficient (Wildman–Crippen LogP) is 1.87. The lowest BCUT2D eigenvalue weighted by atomic mass is 10.4. The molecule has 0 atom stereocenters. The van der Waals surface area contributed by atoms with E-state index < -0.39 is 5.97 Å². The van der Waals surface area contributed by atoms with Gasteiger partial charge in [0, 0.05) is 0 Å². The fourth-order valence-corrected chi connectivity index (χ4v) is 1.17. The molecule has 18 heavy (non-hydrogen) atoms. The molecule has 0 radical (unpaired) electrons. The highest BCUT2D eigenvalue weighted by Crippen LogP contribution is 2.15. The van der Waals surface area contributed by atoms with Crippen LogP contribution in [0, 0.1) is 0 Å². The van der Waals surface area contributed by atoms with Crippen molar-refractivity contribution in [3.05, 3.63) is 37.3 Å². The second-order valence-corrected chi connectivity index (χ2v) is 3.23. The van der Waals surface area contributed by atoms with Crippen molar-refractivity contribution in [2.45, 2.75) is 0 Å². The minimum Gasteiger partial charge on any atom is -0.464 e. The summed E-state index contributed by atoms with van der Waals surface area (Å²) in [5.41, 5.74) is 0.165. The molecule has 0 spiro atoms. The quantitative estimate of drug-likeness (QED) is 0.346. The Labute approximate surface area is 105 Å². The average Bonchev–Trinajstić information content (AvgIpc) is 2.84. The lowest BCUT2D eigenvalue weighted by Gasteiger charge is -2.11. The first-order valence-corrected chi connectivity index (χ1v) is 5.23. The Hall–Kier alpha value is -2.44. The van der Waals surface area contributed by atoms with Gasteiger partial charge in [0.15, 0.2) is 5.69 Å². The molecule has 0 saturated carbocycles. The van der Waals surface area contributed by atoms with Gasteiger partial charge in [0.1, 0.15) is 0 Å². The maximum atomic E-state index is 11.4. The number of H-pyrrole nitrogens is 1. The van der Waals surface area contributed by atoms with Crippen molar-refractivity contribution in [2.24, 2.45) is 10.3 Å². The van der Waals surface area contributed by atoms with Crippen LogP contribution in [-0.2, 0) is 4.74 Å². The van der Waals surface area contributed by atoms with Crippen molar-refractivity contribution < 1.29 is 9.53 Å². The molecule has 0 aliphatic carbocycles. The lowest BCUT2D eigenvalue weighted by molar-refractivity contribution is 0.0595. The largest absolute Gasteiger partial charge is 0.464 e. The van der Waals surface area contributed by atoms with Gasteiger partial charge in [-0.2, -0.15) is 0 Å². The van der Waals surface area contributed by atoms with Crippen LogP contribution in [0.25, 0.3) is 0 Å². The van der Waals surface area contributed by atoms with Crippen molar-refractivity contribution in [2.75, 3.05) is 20.2 Å². The maximum Gasteiger partial charge on any atom is 0.358 e. The van der Waals surface area contributed by atoms with Crippen molar-refractivity contribution in [1.29, 1.82) is 0 Å². The van der Waals surface area contributed by atoms with Crippen LogP contribution < -0.4 is 0 Å². The fraction of sp³-hybridized carbons (Fsp3) is 0.273. The molecule has 7 nitrogen and oxygen atoms in total. The third kappa shape index (κ3) is 3.55. The number of rotatable bonds is 7. The van der Waals surface area contributed by atoms with Crippen LogP contribution in [0.4, 0.5) is 5.82 Å². The van der Waals surface area contributed by atoms with E-state index in [4.69, 9.17) is 0 Å². The molecule has 0 aliphatic rings. The van der Waals surface area contributed by atoms with E-state index in [1.807, 2.05) is 0 Å². The van der Waals surface area contributed by atoms with E-state index in [9.17, 15) is 4.79 Å². The molecule has 0 unspecified atom stereocenters. The Balaban J connectivity index is 2.81. The maximum absolute atomic E-state index is 11.4. The molecular formula is C11H15N5O2. The fourth-order valence-electron chi connectivity index (χ4n) is 1.17. The third-order valence-corrected chi connectivity index (χ3v) is 1.95. The van der Waals surface area contributed by atoms with E-state index in [-0.39, 0.29) is 11.5 Å². The van der Waals surface area contributed by atoms with Gasteiger partial charge in [-0.25, -0.2) is 9.78 Å². The molecule has 1 rings (SSSR count). The van der Waals surface area contributed by atoms with E-state index in [0.717, 1.165) is 0 Å². The predicted molar refractivity (Wildman–Crippen MR) is 66.4 cm³/mol. The van der Waals surface area contributed by atoms with Gasteiger partial charge in [0.25, 0.3) is 0 Å². The van der Waals surface area contributed by atoms with Crippen molar-refractivity contribution in [3.63, 3.8) is 0 Å². The first kappa shape index (κ1) is 13.6. The van der Waals surface area contributed by atoms with Crippen LogP contribution in [0.1, 0.15) is 10.5 Å². The van der Waals surface area contributed by atoms with E-state index in [1.165, 1.54) is 13.4 Å². The highest BCUT2D eigenvalue weighted by Gasteiger charge is 2.14. The molecule has 1 aromatic heterocycles. The van der Waals surface area contributed by atoms with Gasteiger partial charge in [-0.05, 0) is 0 Å². The molecule has 1 aromatic rings. The molecule has 1 heterocycles. The van der Waals surface area contributed by atoms with E-state index >= 15 is 0 Å². The zero-order valence-corrected chi connectivity index (χ0v) is 10.2. The van der Waals surface area contributed by atoms with Crippen LogP contribution in [0.5, 0.6) is 0 Å². The Morgan fingerprint density at radius 3 is 2.78 bits per heavy atom. The number of aromatic amines is 1. The first-order valence-electron chi connectivity index (χ1n) is 5.23. The van der Waals surface area contributed by atoms with Gasteiger partial charge >= 0.3 is 5.97 Å². The molecule has 7 heteroatoms. The zero-order valence-electron chi connectivity index (χ0n) is 10.2. The monoisotopic (exact) mass is 249 g/mol. The topological polar surface area (TPSA) is 82.9 Å². The number of nitrogens with one attached hydrogen (secondary N) is 1. The molecule has 0 saturated heterocycles. The number of imidazole rings is 1. The van der Waals surface area contributed by atoms with E-state index in [0.29, 0.717) is 13.1 Å². The van der Waals surface area contributed by atoms with Crippen molar-refractivity contribution >= 4 is 11.8 Å². The van der Waals surface area contributed by atoms with Gasteiger partial charge in [0.2, 0.25) is 5.82 Å². The van der Waals surface area contributed by atoms with Gasteiger partial charge < -0.3 is 9.72 Å². The normalized spacial score (nSPS) is 10.3. The van der Waals surface area contributed by atoms with E-state index in [2.05, 4.69) is 38.2 Å². The number of nitrogens with zero attached hydrogens (tertiary/aromatic N) is 4. The summed E-state index contributed by atoms with van der Waals surface area (Å²) in [4.78, 5) is 17.9. The minimum atomic E-state index is -0.541.